The van der Waals surface area contributed by atoms with Gasteiger partial charge in [-0.1, -0.05) is 30.0 Å². The number of rotatable bonds is 3. The highest BCUT2D eigenvalue weighted by molar-refractivity contribution is 8.15. The van der Waals surface area contributed by atoms with Gasteiger partial charge in [-0.3, -0.25) is 9.59 Å². The Hall–Kier alpha value is -1.82. The highest BCUT2D eigenvalue weighted by Crippen LogP contribution is 2.26. The maximum absolute atomic E-state index is 12.0. The first-order valence-electron chi connectivity index (χ1n) is 6.29. The van der Waals surface area contributed by atoms with Gasteiger partial charge in [0.25, 0.3) is 5.91 Å². The molecule has 0 radical (unpaired) electrons. The molecular weight excluding hydrogens is 274 g/mol. The van der Waals surface area contributed by atoms with Gasteiger partial charge in [-0.2, -0.15) is 4.99 Å². The van der Waals surface area contributed by atoms with E-state index in [0.717, 1.165) is 11.3 Å². The van der Waals surface area contributed by atoms with Gasteiger partial charge in [-0.25, -0.2) is 0 Å². The van der Waals surface area contributed by atoms with Crippen LogP contribution in [0.2, 0.25) is 0 Å². The minimum Gasteiger partial charge on any atom is -0.357 e. The van der Waals surface area contributed by atoms with Crippen LogP contribution >= 0.6 is 11.8 Å². The molecule has 106 valence electrons. The normalized spacial score (nSPS) is 17.9. The Labute approximate surface area is 122 Å². The molecule has 2 rings (SSSR count). The Balaban J connectivity index is 1.94. The van der Waals surface area contributed by atoms with Crippen LogP contribution in [0, 0.1) is 6.92 Å². The number of benzene rings is 1. The number of carbonyl (C=O) groups is 2. The van der Waals surface area contributed by atoms with E-state index in [1.165, 1.54) is 11.8 Å². The average Bonchev–Trinajstić information content (AvgIpc) is 2.74. The van der Waals surface area contributed by atoms with Crippen molar-refractivity contribution in [3.63, 3.8) is 0 Å². The molecule has 0 bridgehead atoms. The van der Waals surface area contributed by atoms with Gasteiger partial charge >= 0.3 is 0 Å². The second-order valence-electron chi connectivity index (χ2n) is 4.80. The van der Waals surface area contributed by atoms with Crippen molar-refractivity contribution in [1.29, 1.82) is 0 Å². The van der Waals surface area contributed by atoms with Crippen LogP contribution in [0.15, 0.2) is 29.3 Å². The number of hydrogen-bond acceptors (Lipinski definition) is 4. The molecule has 0 saturated carbocycles. The second kappa shape index (κ2) is 6.09. The summed E-state index contributed by atoms with van der Waals surface area (Å²) in [6, 6.07) is 7.56. The zero-order valence-electron chi connectivity index (χ0n) is 11.7. The third-order valence-electron chi connectivity index (χ3n) is 2.90. The minimum absolute atomic E-state index is 0.138. The number of nitrogens with one attached hydrogen (secondary N) is 1. The fraction of sp³-hybridized carbons (Fsp3) is 0.357. The van der Waals surface area contributed by atoms with E-state index >= 15 is 0 Å². The Bertz CT molecular complexity index is 569. The summed E-state index contributed by atoms with van der Waals surface area (Å²) in [7, 11) is 3.66. The summed E-state index contributed by atoms with van der Waals surface area (Å²) >= 11 is 1.34. The number of para-hydroxylation sites is 1. The molecule has 1 heterocycles. The van der Waals surface area contributed by atoms with E-state index in [1.807, 2.05) is 45.3 Å². The molecule has 0 spiro atoms. The monoisotopic (exact) mass is 291 g/mol. The molecule has 1 aliphatic rings. The summed E-state index contributed by atoms with van der Waals surface area (Å²) in [6.45, 7) is 1.93. The fourth-order valence-corrected chi connectivity index (χ4v) is 2.78. The third kappa shape index (κ3) is 3.39. The summed E-state index contributed by atoms with van der Waals surface area (Å²) in [6.07, 6.45) is 0.138. The number of carbonyl (C=O) groups excluding carboxylic acids is 2. The lowest BCUT2D eigenvalue weighted by molar-refractivity contribution is -0.121. The average molecular weight is 291 g/mol. The molecule has 1 atom stereocenters. The number of anilines is 1. The zero-order chi connectivity index (χ0) is 14.7. The highest BCUT2D eigenvalue weighted by Gasteiger charge is 2.31. The zero-order valence-corrected chi connectivity index (χ0v) is 12.5. The van der Waals surface area contributed by atoms with E-state index < -0.39 is 5.25 Å². The Morgan fingerprint density at radius 3 is 2.70 bits per heavy atom. The van der Waals surface area contributed by atoms with Crippen molar-refractivity contribution in [2.75, 3.05) is 19.4 Å². The van der Waals surface area contributed by atoms with E-state index in [2.05, 4.69) is 10.3 Å². The predicted molar refractivity (Wildman–Crippen MR) is 81.9 cm³/mol. The minimum atomic E-state index is -0.420. The summed E-state index contributed by atoms with van der Waals surface area (Å²) in [5, 5.41) is 3.07. The van der Waals surface area contributed by atoms with Crippen molar-refractivity contribution in [3.05, 3.63) is 29.8 Å². The molecule has 0 aromatic heterocycles. The summed E-state index contributed by atoms with van der Waals surface area (Å²) in [5.74, 6) is -0.404. The lowest BCUT2D eigenvalue weighted by Gasteiger charge is -2.12. The first-order valence-corrected chi connectivity index (χ1v) is 7.17. The van der Waals surface area contributed by atoms with Crippen LogP contribution in [-0.4, -0.2) is 41.2 Å². The number of amides is 2. The molecule has 6 heteroatoms. The SMILES string of the molecule is Cc1ccccc1NC(=O)CC1SC(N(C)C)=NC1=O. The van der Waals surface area contributed by atoms with E-state index in [1.54, 1.807) is 4.90 Å². The van der Waals surface area contributed by atoms with Gasteiger partial charge in [0, 0.05) is 26.2 Å². The van der Waals surface area contributed by atoms with Crippen molar-refractivity contribution in [2.24, 2.45) is 4.99 Å². The van der Waals surface area contributed by atoms with Gasteiger partial charge in [-0.05, 0) is 18.6 Å². The molecule has 20 heavy (non-hydrogen) atoms. The summed E-state index contributed by atoms with van der Waals surface area (Å²) in [4.78, 5) is 29.4. The van der Waals surface area contributed by atoms with E-state index in [-0.39, 0.29) is 18.2 Å². The molecule has 1 N–H and O–H groups in total. The lowest BCUT2D eigenvalue weighted by atomic mass is 10.2. The van der Waals surface area contributed by atoms with Crippen molar-refractivity contribution in [2.45, 2.75) is 18.6 Å². The van der Waals surface area contributed by atoms with Crippen LogP contribution in [0.25, 0.3) is 0 Å². The third-order valence-corrected chi connectivity index (χ3v) is 4.22. The molecule has 1 aliphatic heterocycles. The van der Waals surface area contributed by atoms with Crippen molar-refractivity contribution < 1.29 is 9.59 Å². The van der Waals surface area contributed by atoms with Gasteiger partial charge in [-0.15, -0.1) is 0 Å². The van der Waals surface area contributed by atoms with Crippen LogP contribution in [0.1, 0.15) is 12.0 Å². The fourth-order valence-electron chi connectivity index (χ4n) is 1.79. The molecule has 2 amide bonds. The molecule has 1 aromatic carbocycles. The first kappa shape index (κ1) is 14.6. The van der Waals surface area contributed by atoms with Gasteiger partial charge in [0.05, 0.1) is 0 Å². The smallest absolute Gasteiger partial charge is 0.262 e. The number of amidine groups is 1. The van der Waals surface area contributed by atoms with Gasteiger partial charge in [0.1, 0.15) is 5.25 Å². The van der Waals surface area contributed by atoms with Crippen molar-refractivity contribution in [3.8, 4) is 0 Å². The maximum atomic E-state index is 12.0. The number of hydrogen-bond donors (Lipinski definition) is 1. The molecular formula is C14H17N3O2S. The lowest BCUT2D eigenvalue weighted by Crippen LogP contribution is -2.22. The summed E-state index contributed by atoms with van der Waals surface area (Å²) in [5.41, 5.74) is 1.78. The standard InChI is InChI=1S/C14H17N3O2S/c1-9-6-4-5-7-10(9)15-12(18)8-11-13(19)16-14(20-11)17(2)3/h4-7,11H,8H2,1-3H3,(H,15,18). The van der Waals surface area contributed by atoms with Crippen molar-refractivity contribution >= 4 is 34.4 Å². The van der Waals surface area contributed by atoms with Gasteiger partial charge < -0.3 is 10.2 Å². The van der Waals surface area contributed by atoms with Crippen LogP contribution in [0.5, 0.6) is 0 Å². The number of thioether (sulfide) groups is 1. The Morgan fingerprint density at radius 2 is 2.10 bits per heavy atom. The number of nitrogens with zero attached hydrogens (tertiary/aromatic N) is 2. The van der Waals surface area contributed by atoms with E-state index in [4.69, 9.17) is 0 Å². The maximum Gasteiger partial charge on any atom is 0.262 e. The predicted octanol–water partition coefficient (Wildman–Crippen LogP) is 1.88. The Kier molecular flexibility index (Phi) is 4.44. The first-order chi connectivity index (χ1) is 9.47. The highest BCUT2D eigenvalue weighted by atomic mass is 32.2. The van der Waals surface area contributed by atoms with E-state index in [0.29, 0.717) is 5.17 Å². The topological polar surface area (TPSA) is 61.8 Å². The molecule has 0 saturated heterocycles. The quantitative estimate of drug-likeness (QED) is 0.923. The second-order valence-corrected chi connectivity index (χ2v) is 5.97. The Morgan fingerprint density at radius 1 is 1.40 bits per heavy atom. The van der Waals surface area contributed by atoms with Crippen molar-refractivity contribution in [1.82, 2.24) is 4.90 Å². The van der Waals surface area contributed by atoms with Crippen LogP contribution in [0.3, 0.4) is 0 Å². The van der Waals surface area contributed by atoms with Crippen LogP contribution < -0.4 is 5.32 Å². The van der Waals surface area contributed by atoms with Gasteiger partial charge in [0.15, 0.2) is 5.17 Å². The van der Waals surface area contributed by atoms with Crippen LogP contribution in [0.4, 0.5) is 5.69 Å². The molecule has 1 unspecified atom stereocenters. The van der Waals surface area contributed by atoms with E-state index in [9.17, 15) is 9.59 Å². The van der Waals surface area contributed by atoms with Gasteiger partial charge in [0.2, 0.25) is 5.91 Å². The van der Waals surface area contributed by atoms with Crippen LogP contribution in [-0.2, 0) is 9.59 Å². The number of aliphatic imine (C=N–C) groups is 1. The largest absolute Gasteiger partial charge is 0.357 e. The molecule has 1 aromatic rings. The molecule has 0 fully saturated rings. The number of aryl methyl sites for hydroxylation is 1. The molecule has 5 nitrogen and oxygen atoms in total. The summed E-state index contributed by atoms with van der Waals surface area (Å²) < 4.78 is 0. The molecule has 0 aliphatic carbocycles.